The molecule has 8 heteroatoms. The maximum atomic E-state index is 13.4. The molecule has 0 aliphatic heterocycles. The van der Waals surface area contributed by atoms with Crippen molar-refractivity contribution in [3.63, 3.8) is 0 Å². The number of allylic oxidation sites excluding steroid dienone is 3. The second kappa shape index (κ2) is 13.0. The van der Waals surface area contributed by atoms with E-state index in [1.807, 2.05) is 26.8 Å². The molecule has 0 radical (unpaired) electrons. The number of rotatable bonds is 14. The average molecular weight is 549 g/mol. The third kappa shape index (κ3) is 8.05. The fourth-order valence-corrected chi connectivity index (χ4v) is 6.09. The van der Waals surface area contributed by atoms with Crippen molar-refractivity contribution in [1.82, 2.24) is 0 Å². The van der Waals surface area contributed by atoms with Crippen molar-refractivity contribution in [3.8, 4) is 11.5 Å². The predicted octanol–water partition coefficient (Wildman–Crippen LogP) is 7.76. The number of phosphoric ester groups is 1. The van der Waals surface area contributed by atoms with Gasteiger partial charge in [-0.15, -0.1) is 0 Å². The maximum Gasteiger partial charge on any atom is 0.473 e. The smallest absolute Gasteiger partial charge is 0.473 e. The molecule has 3 rings (SSSR count). The molecule has 212 valence electrons. The van der Waals surface area contributed by atoms with Crippen LogP contribution in [0, 0.1) is 11.8 Å². The Hall–Kier alpha value is -1.92. The maximum absolute atomic E-state index is 13.4. The molecule has 7 nitrogen and oxygen atoms in total. The number of hydrogen-bond acceptors (Lipinski definition) is 6. The van der Waals surface area contributed by atoms with Gasteiger partial charge in [-0.1, -0.05) is 57.4 Å². The van der Waals surface area contributed by atoms with Gasteiger partial charge in [0.25, 0.3) is 0 Å². The first-order chi connectivity index (χ1) is 17.9. The highest BCUT2D eigenvalue weighted by Gasteiger charge is 2.58. The Bertz CT molecular complexity index is 1090. The first-order valence-electron chi connectivity index (χ1n) is 14.0. The number of hydrogen-bond donors (Lipinski definition) is 2. The van der Waals surface area contributed by atoms with Crippen LogP contribution >= 0.6 is 7.82 Å². The highest BCUT2D eigenvalue weighted by Crippen LogP contribution is 2.56. The summed E-state index contributed by atoms with van der Waals surface area (Å²) in [6.45, 7) is 14.4. The molecule has 3 atom stereocenters. The van der Waals surface area contributed by atoms with Crippen LogP contribution in [0.25, 0.3) is 0 Å². The van der Waals surface area contributed by atoms with Crippen LogP contribution in [0.5, 0.6) is 11.5 Å². The lowest BCUT2D eigenvalue weighted by Crippen LogP contribution is -2.31. The van der Waals surface area contributed by atoms with Crippen molar-refractivity contribution in [3.05, 3.63) is 47.1 Å². The molecular weight excluding hydrogens is 503 g/mol. The number of phenolic OH excluding ortho intramolecular Hbond substituents is 1. The number of phenols is 1. The highest BCUT2D eigenvalue weighted by molar-refractivity contribution is 7.47. The molecule has 1 unspecified atom stereocenters. The number of esters is 1. The fraction of sp³-hybridized carbons (Fsp3) is 0.633. The van der Waals surface area contributed by atoms with Crippen LogP contribution in [-0.4, -0.2) is 28.2 Å². The van der Waals surface area contributed by atoms with Crippen molar-refractivity contribution in [2.75, 3.05) is 6.61 Å². The minimum Gasteiger partial charge on any atom is -0.507 e. The predicted molar refractivity (Wildman–Crippen MR) is 149 cm³/mol. The summed E-state index contributed by atoms with van der Waals surface area (Å²) in [6.07, 6.45) is 8.90. The molecular formula is C30H45O7P. The highest BCUT2D eigenvalue weighted by atomic mass is 31.2. The van der Waals surface area contributed by atoms with E-state index in [0.717, 1.165) is 49.7 Å². The third-order valence-corrected chi connectivity index (χ3v) is 8.57. The second-order valence-electron chi connectivity index (χ2n) is 11.5. The second-order valence-corrected chi connectivity index (χ2v) is 12.9. The Labute approximate surface area is 227 Å². The lowest BCUT2D eigenvalue weighted by molar-refractivity contribution is -0.145. The Balaban J connectivity index is 1.91. The Kier molecular flexibility index (Phi) is 10.4. The lowest BCUT2D eigenvalue weighted by Gasteiger charge is -2.32. The van der Waals surface area contributed by atoms with Crippen LogP contribution < -0.4 is 4.74 Å². The fourth-order valence-electron chi connectivity index (χ4n) is 5.01. The number of aromatic hydroxyl groups is 1. The molecule has 2 aliphatic rings. The van der Waals surface area contributed by atoms with Crippen LogP contribution in [0.2, 0.25) is 0 Å². The number of phosphoric acid groups is 1. The zero-order valence-corrected chi connectivity index (χ0v) is 24.5. The minimum atomic E-state index is -4.44. The van der Waals surface area contributed by atoms with Gasteiger partial charge >= 0.3 is 13.8 Å². The van der Waals surface area contributed by atoms with E-state index in [1.54, 1.807) is 6.07 Å². The van der Waals surface area contributed by atoms with Gasteiger partial charge in [0, 0.05) is 11.5 Å². The van der Waals surface area contributed by atoms with Gasteiger partial charge in [-0.3, -0.25) is 9.05 Å². The van der Waals surface area contributed by atoms with Gasteiger partial charge in [-0.25, -0.2) is 9.36 Å². The number of benzene rings is 1. The summed E-state index contributed by atoms with van der Waals surface area (Å²) in [4.78, 5) is 23.7. The Morgan fingerprint density at radius 3 is 2.58 bits per heavy atom. The summed E-state index contributed by atoms with van der Waals surface area (Å²) in [5.74, 6) is -0.203. The van der Waals surface area contributed by atoms with Crippen LogP contribution in [-0.2, 0) is 24.8 Å². The molecule has 0 bridgehead atoms. The Morgan fingerprint density at radius 1 is 1.26 bits per heavy atom. The van der Waals surface area contributed by atoms with Gasteiger partial charge in [0.15, 0.2) is 5.60 Å². The SMILES string of the molecule is C=C(C)[C@@H]1CCC(C)=C[C@H]1c1c(O)cc(CCCCC)cc1OC(=O)C1(OP(=O)(O)OCCC(C)C)CC1. The van der Waals surface area contributed by atoms with Gasteiger partial charge in [0.2, 0.25) is 0 Å². The van der Waals surface area contributed by atoms with Crippen LogP contribution in [0.4, 0.5) is 0 Å². The number of unbranched alkanes of at least 4 members (excludes halogenated alkanes) is 2. The molecule has 0 saturated heterocycles. The molecule has 1 fully saturated rings. The third-order valence-electron chi connectivity index (χ3n) is 7.48. The molecule has 1 aromatic carbocycles. The monoisotopic (exact) mass is 548 g/mol. The number of aryl methyl sites for hydroxylation is 1. The lowest BCUT2D eigenvalue weighted by atomic mass is 9.73. The first-order valence-corrected chi connectivity index (χ1v) is 15.5. The zero-order chi connectivity index (χ0) is 28.1. The average Bonchev–Trinajstić information content (AvgIpc) is 3.58. The zero-order valence-electron chi connectivity index (χ0n) is 23.6. The normalized spacial score (nSPS) is 22.0. The van der Waals surface area contributed by atoms with Gasteiger partial charge in [0.1, 0.15) is 11.5 Å². The van der Waals surface area contributed by atoms with E-state index in [0.29, 0.717) is 17.9 Å². The van der Waals surface area contributed by atoms with E-state index < -0.39 is 19.4 Å². The van der Waals surface area contributed by atoms with Crippen LogP contribution in [0.1, 0.15) is 103 Å². The summed E-state index contributed by atoms with van der Waals surface area (Å²) in [7, 11) is -4.44. The van der Waals surface area contributed by atoms with E-state index >= 15 is 0 Å². The summed E-state index contributed by atoms with van der Waals surface area (Å²) >= 11 is 0. The topological polar surface area (TPSA) is 102 Å². The van der Waals surface area contributed by atoms with Gasteiger partial charge in [-0.2, -0.15) is 0 Å². The number of carbonyl (C=O) groups excluding carboxylic acids is 1. The number of carbonyl (C=O) groups is 1. The molecule has 1 saturated carbocycles. The quantitative estimate of drug-likeness (QED) is 0.0805. The summed E-state index contributed by atoms with van der Waals surface area (Å²) in [6, 6.07) is 3.59. The summed E-state index contributed by atoms with van der Waals surface area (Å²) in [5.41, 5.74) is 2.10. The van der Waals surface area contributed by atoms with Crippen molar-refractivity contribution in [2.45, 2.75) is 104 Å². The Morgan fingerprint density at radius 2 is 1.97 bits per heavy atom. The van der Waals surface area contributed by atoms with Gasteiger partial charge in [-0.05, 0) is 88.3 Å². The summed E-state index contributed by atoms with van der Waals surface area (Å²) < 4.78 is 29.0. The van der Waals surface area contributed by atoms with Crippen molar-refractivity contribution in [2.24, 2.45) is 11.8 Å². The van der Waals surface area contributed by atoms with E-state index in [2.05, 4.69) is 26.5 Å². The van der Waals surface area contributed by atoms with Crippen molar-refractivity contribution in [1.29, 1.82) is 0 Å². The molecule has 38 heavy (non-hydrogen) atoms. The molecule has 2 N–H and O–H groups in total. The summed E-state index contributed by atoms with van der Waals surface area (Å²) in [5, 5.41) is 11.2. The van der Waals surface area contributed by atoms with Gasteiger partial charge < -0.3 is 14.7 Å². The molecule has 0 aromatic heterocycles. The van der Waals surface area contributed by atoms with Crippen molar-refractivity contribution < 1.29 is 33.1 Å². The molecule has 0 amide bonds. The molecule has 1 aromatic rings. The van der Waals surface area contributed by atoms with E-state index in [1.165, 1.54) is 5.57 Å². The van der Waals surface area contributed by atoms with Crippen molar-refractivity contribution >= 4 is 13.8 Å². The molecule has 0 heterocycles. The largest absolute Gasteiger partial charge is 0.507 e. The molecule has 0 spiro atoms. The van der Waals surface area contributed by atoms with E-state index in [-0.39, 0.29) is 42.8 Å². The van der Waals surface area contributed by atoms with E-state index in [4.69, 9.17) is 13.8 Å². The number of ether oxygens (including phenoxy) is 1. The van der Waals surface area contributed by atoms with Crippen LogP contribution in [0.3, 0.4) is 0 Å². The first kappa shape index (κ1) is 30.6. The minimum absolute atomic E-state index is 0.0596. The van der Waals surface area contributed by atoms with Crippen LogP contribution in [0.15, 0.2) is 35.9 Å². The van der Waals surface area contributed by atoms with E-state index in [9.17, 15) is 19.4 Å². The molecule has 2 aliphatic carbocycles. The van der Waals surface area contributed by atoms with Gasteiger partial charge in [0.05, 0.1) is 6.61 Å². The standard InChI is InChI=1S/C30H45O7P/c1-7-8-9-10-23-18-26(31)28(25-17-22(6)11-12-24(25)21(4)5)27(19-23)36-29(32)30(14-15-30)37-38(33,34)35-16-13-20(2)3/h17-20,24-25,31H,4,7-16H2,1-3,5-6H3,(H,33,34)/t24-,25+/m0/s1.